The van der Waals surface area contributed by atoms with Gasteiger partial charge in [0.15, 0.2) is 10.8 Å². The molecule has 1 aliphatic heterocycles. The summed E-state index contributed by atoms with van der Waals surface area (Å²) in [5.74, 6) is 1.81. The van der Waals surface area contributed by atoms with Crippen LogP contribution in [0.1, 0.15) is 23.7 Å². The standard InChI is InChI=1S/C18H22N4O2S/c1-11(2)20-17(21-15(19)10-23-3)18-22-16-12-6-4-5-7-13(12)24-9-8-14(16)25-18/h4-7,11H,8-10H2,1-3H3,(H2,19,20,21). The lowest BCUT2D eigenvalue weighted by molar-refractivity contribution is 0.244. The molecule has 3 rings (SSSR count). The SMILES string of the molecule is COCC(N)=NC(=NC(C)C)c1nc2c(s1)CCOc1ccccc1-2. The number of amidine groups is 2. The number of thiazole rings is 1. The maximum atomic E-state index is 5.92. The number of rotatable bonds is 4. The van der Waals surface area contributed by atoms with Crippen LogP contribution in [0.15, 0.2) is 34.3 Å². The summed E-state index contributed by atoms with van der Waals surface area (Å²) in [6.45, 7) is 4.91. The summed E-state index contributed by atoms with van der Waals surface area (Å²) in [4.78, 5) is 15.0. The number of hydrogen-bond donors (Lipinski definition) is 1. The van der Waals surface area contributed by atoms with E-state index in [2.05, 4.69) is 9.98 Å². The van der Waals surface area contributed by atoms with Crippen LogP contribution < -0.4 is 10.5 Å². The van der Waals surface area contributed by atoms with E-state index >= 15 is 0 Å². The molecule has 0 unspecified atom stereocenters. The second kappa shape index (κ2) is 7.76. The predicted octanol–water partition coefficient (Wildman–Crippen LogP) is 2.90. The molecule has 6 nitrogen and oxygen atoms in total. The molecular weight excluding hydrogens is 336 g/mol. The van der Waals surface area contributed by atoms with Gasteiger partial charge in [-0.05, 0) is 26.0 Å². The van der Waals surface area contributed by atoms with Crippen LogP contribution in [-0.4, -0.2) is 43.0 Å². The third-order valence-corrected chi connectivity index (χ3v) is 4.65. The Morgan fingerprint density at radius 3 is 2.96 bits per heavy atom. The summed E-state index contributed by atoms with van der Waals surface area (Å²) in [6, 6.07) is 8.06. The molecule has 2 aromatic rings. The van der Waals surface area contributed by atoms with Gasteiger partial charge in [0.2, 0.25) is 0 Å². The van der Waals surface area contributed by atoms with Gasteiger partial charge in [-0.25, -0.2) is 9.98 Å². The monoisotopic (exact) mass is 358 g/mol. The smallest absolute Gasteiger partial charge is 0.186 e. The van der Waals surface area contributed by atoms with Crippen LogP contribution in [0.5, 0.6) is 5.75 Å². The van der Waals surface area contributed by atoms with Crippen molar-refractivity contribution in [2.24, 2.45) is 15.7 Å². The molecule has 1 aliphatic rings. The number of benzene rings is 1. The van der Waals surface area contributed by atoms with Crippen LogP contribution in [0.2, 0.25) is 0 Å². The van der Waals surface area contributed by atoms with Crippen molar-refractivity contribution in [2.45, 2.75) is 26.3 Å². The summed E-state index contributed by atoms with van der Waals surface area (Å²) in [7, 11) is 1.59. The minimum Gasteiger partial charge on any atom is -0.493 e. The average molecular weight is 358 g/mol. The second-order valence-electron chi connectivity index (χ2n) is 5.97. The lowest BCUT2D eigenvalue weighted by Crippen LogP contribution is -2.20. The van der Waals surface area contributed by atoms with Crippen LogP contribution in [0, 0.1) is 0 Å². The molecule has 0 amide bonds. The number of nitrogens with zero attached hydrogens (tertiary/aromatic N) is 3. The van der Waals surface area contributed by atoms with E-state index in [1.807, 2.05) is 38.1 Å². The number of aliphatic imine (C=N–C) groups is 2. The van der Waals surface area contributed by atoms with E-state index in [9.17, 15) is 0 Å². The van der Waals surface area contributed by atoms with E-state index in [1.54, 1.807) is 18.4 Å². The van der Waals surface area contributed by atoms with Crippen molar-refractivity contribution < 1.29 is 9.47 Å². The quantitative estimate of drug-likeness (QED) is 0.673. The summed E-state index contributed by atoms with van der Waals surface area (Å²) >= 11 is 1.60. The number of aromatic nitrogens is 1. The maximum Gasteiger partial charge on any atom is 0.186 e. The highest BCUT2D eigenvalue weighted by Gasteiger charge is 2.22. The highest BCUT2D eigenvalue weighted by Crippen LogP contribution is 2.37. The van der Waals surface area contributed by atoms with Crippen molar-refractivity contribution in [1.82, 2.24) is 4.98 Å². The van der Waals surface area contributed by atoms with Crippen molar-refractivity contribution >= 4 is 23.0 Å². The van der Waals surface area contributed by atoms with E-state index < -0.39 is 0 Å². The van der Waals surface area contributed by atoms with E-state index in [0.29, 0.717) is 18.3 Å². The van der Waals surface area contributed by atoms with Gasteiger partial charge in [0.05, 0.1) is 12.3 Å². The number of hydrogen-bond acceptors (Lipinski definition) is 5. The molecule has 2 N–H and O–H groups in total. The minimum absolute atomic E-state index is 0.0911. The molecule has 0 fully saturated rings. The van der Waals surface area contributed by atoms with Gasteiger partial charge in [0, 0.05) is 30.0 Å². The fraction of sp³-hybridized carbons (Fsp3) is 0.389. The Labute approximate surface area is 151 Å². The van der Waals surface area contributed by atoms with Crippen LogP contribution in [0.4, 0.5) is 0 Å². The van der Waals surface area contributed by atoms with Gasteiger partial charge >= 0.3 is 0 Å². The van der Waals surface area contributed by atoms with Crippen molar-refractivity contribution in [2.75, 3.05) is 20.3 Å². The number of para-hydroxylation sites is 1. The summed E-state index contributed by atoms with van der Waals surface area (Å²) < 4.78 is 10.9. The van der Waals surface area contributed by atoms with Crippen molar-refractivity contribution in [1.29, 1.82) is 0 Å². The first-order valence-corrected chi connectivity index (χ1v) is 9.02. The molecule has 0 atom stereocenters. The predicted molar refractivity (Wildman–Crippen MR) is 102 cm³/mol. The number of nitrogens with two attached hydrogens (primary N) is 1. The molecular formula is C18H22N4O2S. The zero-order valence-corrected chi connectivity index (χ0v) is 15.5. The summed E-state index contributed by atoms with van der Waals surface area (Å²) in [6.07, 6.45) is 0.813. The Morgan fingerprint density at radius 2 is 2.20 bits per heavy atom. The number of fused-ring (bicyclic) bond motifs is 3. The Kier molecular flexibility index (Phi) is 5.45. The van der Waals surface area contributed by atoms with Crippen molar-refractivity contribution in [3.63, 3.8) is 0 Å². The molecule has 0 bridgehead atoms. The highest BCUT2D eigenvalue weighted by atomic mass is 32.1. The van der Waals surface area contributed by atoms with Gasteiger partial charge in [-0.1, -0.05) is 12.1 Å². The Bertz CT molecular complexity index is 811. The highest BCUT2D eigenvalue weighted by molar-refractivity contribution is 7.14. The molecule has 2 heterocycles. The third kappa shape index (κ3) is 4.05. The number of ether oxygens (including phenoxy) is 2. The Morgan fingerprint density at radius 1 is 1.40 bits per heavy atom. The van der Waals surface area contributed by atoms with E-state index in [4.69, 9.17) is 20.2 Å². The molecule has 7 heteroatoms. The lowest BCUT2D eigenvalue weighted by atomic mass is 10.1. The van der Waals surface area contributed by atoms with Crippen LogP contribution in [0.3, 0.4) is 0 Å². The fourth-order valence-electron chi connectivity index (χ4n) is 2.56. The largest absolute Gasteiger partial charge is 0.493 e. The average Bonchev–Trinajstić information content (AvgIpc) is 2.91. The molecule has 25 heavy (non-hydrogen) atoms. The first-order valence-electron chi connectivity index (χ1n) is 8.20. The Hall–Kier alpha value is -2.25. The maximum absolute atomic E-state index is 5.92. The van der Waals surface area contributed by atoms with Gasteiger partial charge in [-0.15, -0.1) is 11.3 Å². The molecule has 0 saturated carbocycles. The minimum atomic E-state index is 0.0911. The molecule has 1 aromatic carbocycles. The van der Waals surface area contributed by atoms with Crippen LogP contribution in [-0.2, 0) is 11.2 Å². The lowest BCUT2D eigenvalue weighted by Gasteiger charge is -2.06. The molecule has 0 radical (unpaired) electrons. The normalized spacial score (nSPS) is 14.7. The fourth-order valence-corrected chi connectivity index (χ4v) is 3.56. The van der Waals surface area contributed by atoms with Crippen LogP contribution in [0.25, 0.3) is 11.3 Å². The topological polar surface area (TPSA) is 82.1 Å². The van der Waals surface area contributed by atoms with E-state index in [0.717, 1.165) is 28.4 Å². The number of methoxy groups -OCH3 is 1. The molecule has 0 saturated heterocycles. The molecule has 132 valence electrons. The third-order valence-electron chi connectivity index (χ3n) is 3.54. The summed E-state index contributed by atoms with van der Waals surface area (Å²) in [5, 5.41) is 0.773. The first kappa shape index (κ1) is 17.6. The van der Waals surface area contributed by atoms with Gasteiger partial charge in [0.25, 0.3) is 0 Å². The zero-order chi connectivity index (χ0) is 17.8. The van der Waals surface area contributed by atoms with Crippen molar-refractivity contribution in [3.8, 4) is 17.0 Å². The van der Waals surface area contributed by atoms with Gasteiger partial charge in [-0.3, -0.25) is 4.99 Å². The van der Waals surface area contributed by atoms with E-state index in [-0.39, 0.29) is 12.6 Å². The molecule has 0 aliphatic carbocycles. The van der Waals surface area contributed by atoms with Gasteiger partial charge < -0.3 is 15.2 Å². The molecule has 0 spiro atoms. The summed E-state index contributed by atoms with van der Waals surface area (Å²) in [5.41, 5.74) is 7.88. The Balaban J connectivity index is 2.06. The van der Waals surface area contributed by atoms with Gasteiger partial charge in [-0.2, -0.15) is 0 Å². The van der Waals surface area contributed by atoms with Crippen LogP contribution >= 0.6 is 11.3 Å². The first-order chi connectivity index (χ1) is 12.1. The van der Waals surface area contributed by atoms with Crippen molar-refractivity contribution in [3.05, 3.63) is 34.2 Å². The van der Waals surface area contributed by atoms with E-state index in [1.165, 1.54) is 4.88 Å². The molecule has 1 aromatic heterocycles. The second-order valence-corrected chi connectivity index (χ2v) is 7.05. The van der Waals surface area contributed by atoms with Gasteiger partial charge in [0.1, 0.15) is 18.2 Å². The zero-order valence-electron chi connectivity index (χ0n) is 14.7.